The molecule has 0 N–H and O–H groups in total. The van der Waals surface area contributed by atoms with E-state index in [9.17, 15) is 4.79 Å². The standard InChI is InChI=1S/C21H22N2O2/c24-21(23-12-14-25-15-13-23)16-20(22-10-3-4-11-22)19-9-5-7-17-6-1-2-8-18(17)19/h1-11,20H,12-16H2/t20-/m1/s1. The van der Waals surface area contributed by atoms with Gasteiger partial charge in [0.25, 0.3) is 0 Å². The maximum atomic E-state index is 12.9. The topological polar surface area (TPSA) is 34.5 Å². The Kier molecular flexibility index (Phi) is 4.53. The van der Waals surface area contributed by atoms with Gasteiger partial charge < -0.3 is 14.2 Å². The Morgan fingerprint density at radius 1 is 0.960 bits per heavy atom. The number of nitrogens with zero attached hydrogens (tertiary/aromatic N) is 2. The Labute approximate surface area is 147 Å². The van der Waals surface area contributed by atoms with Crippen LogP contribution in [0.15, 0.2) is 67.0 Å². The summed E-state index contributed by atoms with van der Waals surface area (Å²) in [6.45, 7) is 2.64. The number of carbonyl (C=O) groups is 1. The minimum absolute atomic E-state index is 0.00329. The second-order valence-corrected chi connectivity index (χ2v) is 6.41. The zero-order chi connectivity index (χ0) is 17.1. The molecule has 0 unspecified atom stereocenters. The number of aromatic nitrogens is 1. The van der Waals surface area contributed by atoms with Gasteiger partial charge in [0.05, 0.1) is 25.7 Å². The molecule has 1 aliphatic heterocycles. The molecule has 0 radical (unpaired) electrons. The highest BCUT2D eigenvalue weighted by Crippen LogP contribution is 2.30. The molecule has 4 nitrogen and oxygen atoms in total. The van der Waals surface area contributed by atoms with Gasteiger partial charge in [-0.05, 0) is 28.5 Å². The summed E-state index contributed by atoms with van der Waals surface area (Å²) in [6, 6.07) is 18.7. The average Bonchev–Trinajstić information content (AvgIpc) is 3.21. The van der Waals surface area contributed by atoms with Crippen molar-refractivity contribution < 1.29 is 9.53 Å². The van der Waals surface area contributed by atoms with E-state index < -0.39 is 0 Å². The lowest BCUT2D eigenvalue weighted by molar-refractivity contribution is -0.135. The van der Waals surface area contributed by atoms with E-state index in [4.69, 9.17) is 4.74 Å². The van der Waals surface area contributed by atoms with Crippen molar-refractivity contribution in [2.45, 2.75) is 12.5 Å². The van der Waals surface area contributed by atoms with Gasteiger partial charge in [-0.1, -0.05) is 42.5 Å². The first kappa shape index (κ1) is 15.9. The third-order valence-electron chi connectivity index (χ3n) is 4.90. The third-order valence-corrected chi connectivity index (χ3v) is 4.90. The molecule has 0 bridgehead atoms. The van der Waals surface area contributed by atoms with Crippen molar-refractivity contribution in [2.75, 3.05) is 26.3 Å². The molecule has 0 saturated carbocycles. The maximum absolute atomic E-state index is 12.9. The van der Waals surface area contributed by atoms with Crippen LogP contribution in [0.2, 0.25) is 0 Å². The van der Waals surface area contributed by atoms with E-state index in [0.717, 1.165) is 0 Å². The lowest BCUT2D eigenvalue weighted by Crippen LogP contribution is -2.41. The summed E-state index contributed by atoms with van der Waals surface area (Å²) >= 11 is 0. The molecule has 2 aromatic carbocycles. The molecule has 1 atom stereocenters. The number of amides is 1. The van der Waals surface area contributed by atoms with E-state index in [1.165, 1.54) is 16.3 Å². The van der Waals surface area contributed by atoms with Crippen LogP contribution in [-0.4, -0.2) is 41.7 Å². The zero-order valence-corrected chi connectivity index (χ0v) is 14.2. The van der Waals surface area contributed by atoms with Crippen LogP contribution in [-0.2, 0) is 9.53 Å². The second kappa shape index (κ2) is 7.11. The van der Waals surface area contributed by atoms with Crippen molar-refractivity contribution in [3.05, 3.63) is 72.6 Å². The van der Waals surface area contributed by atoms with Gasteiger partial charge in [-0.15, -0.1) is 0 Å². The number of rotatable bonds is 4. The Morgan fingerprint density at radius 3 is 2.48 bits per heavy atom. The highest BCUT2D eigenvalue weighted by Gasteiger charge is 2.24. The van der Waals surface area contributed by atoms with Crippen molar-refractivity contribution in [1.82, 2.24) is 9.47 Å². The van der Waals surface area contributed by atoms with Gasteiger partial charge in [0.15, 0.2) is 0 Å². The number of morpholine rings is 1. The lowest BCUT2D eigenvalue weighted by Gasteiger charge is -2.29. The predicted molar refractivity (Wildman–Crippen MR) is 98.5 cm³/mol. The monoisotopic (exact) mass is 334 g/mol. The number of hydrogen-bond donors (Lipinski definition) is 0. The Hall–Kier alpha value is -2.59. The lowest BCUT2D eigenvalue weighted by atomic mass is 9.96. The fraction of sp³-hybridized carbons (Fsp3) is 0.286. The normalized spacial score (nSPS) is 16.1. The van der Waals surface area contributed by atoms with Crippen LogP contribution < -0.4 is 0 Å². The first-order valence-corrected chi connectivity index (χ1v) is 8.78. The van der Waals surface area contributed by atoms with Gasteiger partial charge >= 0.3 is 0 Å². The molecule has 25 heavy (non-hydrogen) atoms. The van der Waals surface area contributed by atoms with Crippen molar-refractivity contribution in [1.29, 1.82) is 0 Å². The number of carbonyl (C=O) groups excluding carboxylic acids is 1. The van der Waals surface area contributed by atoms with Gasteiger partial charge in [-0.2, -0.15) is 0 Å². The Morgan fingerprint density at radius 2 is 1.68 bits per heavy atom. The highest BCUT2D eigenvalue weighted by atomic mass is 16.5. The van der Waals surface area contributed by atoms with Gasteiger partial charge in [0.1, 0.15) is 0 Å². The van der Waals surface area contributed by atoms with Gasteiger partial charge in [-0.3, -0.25) is 4.79 Å². The van der Waals surface area contributed by atoms with E-state index in [1.54, 1.807) is 0 Å². The molecule has 0 spiro atoms. The molecular weight excluding hydrogens is 312 g/mol. The summed E-state index contributed by atoms with van der Waals surface area (Å²) < 4.78 is 7.51. The molecule has 1 amide bonds. The van der Waals surface area contributed by atoms with Crippen molar-refractivity contribution in [3.63, 3.8) is 0 Å². The van der Waals surface area contributed by atoms with E-state index in [-0.39, 0.29) is 11.9 Å². The minimum atomic E-state index is -0.00329. The molecular formula is C21H22N2O2. The van der Waals surface area contributed by atoms with Gasteiger partial charge in [0.2, 0.25) is 5.91 Å². The zero-order valence-electron chi connectivity index (χ0n) is 14.2. The fourth-order valence-corrected chi connectivity index (χ4v) is 3.58. The van der Waals surface area contributed by atoms with Crippen LogP contribution in [0.5, 0.6) is 0 Å². The number of ether oxygens (including phenoxy) is 1. The molecule has 0 aliphatic carbocycles. The van der Waals surface area contributed by atoms with Crippen LogP contribution in [0, 0.1) is 0 Å². The molecule has 4 rings (SSSR count). The minimum Gasteiger partial charge on any atom is -0.378 e. The molecule has 1 fully saturated rings. The Bertz CT molecular complexity index is 846. The third kappa shape index (κ3) is 3.30. The summed E-state index contributed by atoms with van der Waals surface area (Å²) in [5.41, 5.74) is 1.19. The van der Waals surface area contributed by atoms with Crippen molar-refractivity contribution in [3.8, 4) is 0 Å². The predicted octanol–water partition coefficient (Wildman–Crippen LogP) is 3.48. The average molecular weight is 334 g/mol. The molecule has 1 aliphatic rings. The summed E-state index contributed by atoms with van der Waals surface area (Å²) in [5.74, 6) is 0.190. The smallest absolute Gasteiger partial charge is 0.225 e. The van der Waals surface area contributed by atoms with Crippen LogP contribution in [0.3, 0.4) is 0 Å². The first-order valence-electron chi connectivity index (χ1n) is 8.78. The summed E-state index contributed by atoms with van der Waals surface area (Å²) in [4.78, 5) is 14.8. The maximum Gasteiger partial charge on any atom is 0.225 e. The largest absolute Gasteiger partial charge is 0.378 e. The van der Waals surface area contributed by atoms with Crippen LogP contribution >= 0.6 is 0 Å². The summed E-state index contributed by atoms with van der Waals surface area (Å²) in [5, 5.41) is 2.41. The van der Waals surface area contributed by atoms with Crippen LogP contribution in [0.1, 0.15) is 18.0 Å². The van der Waals surface area contributed by atoms with E-state index in [2.05, 4.69) is 47.0 Å². The number of hydrogen-bond acceptors (Lipinski definition) is 2. The Balaban J connectivity index is 1.70. The molecule has 3 aromatic rings. The molecule has 1 aromatic heterocycles. The van der Waals surface area contributed by atoms with Gasteiger partial charge in [-0.25, -0.2) is 0 Å². The van der Waals surface area contributed by atoms with Gasteiger partial charge in [0, 0.05) is 25.5 Å². The van der Waals surface area contributed by atoms with E-state index >= 15 is 0 Å². The number of fused-ring (bicyclic) bond motifs is 1. The van der Waals surface area contributed by atoms with Crippen molar-refractivity contribution >= 4 is 16.7 Å². The summed E-state index contributed by atoms with van der Waals surface area (Å²) in [6.07, 6.45) is 4.54. The SMILES string of the molecule is O=C(C[C@H](c1cccc2ccccc12)n1cccc1)N1CCOCC1. The molecule has 1 saturated heterocycles. The fourth-order valence-electron chi connectivity index (χ4n) is 3.58. The number of benzene rings is 2. The molecule has 4 heteroatoms. The first-order chi connectivity index (χ1) is 12.3. The van der Waals surface area contributed by atoms with Crippen molar-refractivity contribution in [2.24, 2.45) is 0 Å². The summed E-state index contributed by atoms with van der Waals surface area (Å²) in [7, 11) is 0. The van der Waals surface area contributed by atoms with Crippen LogP contribution in [0.25, 0.3) is 10.8 Å². The van der Waals surface area contributed by atoms with E-state index in [0.29, 0.717) is 32.7 Å². The van der Waals surface area contributed by atoms with E-state index in [1.807, 2.05) is 29.4 Å². The molecule has 128 valence electrons. The molecule has 2 heterocycles. The van der Waals surface area contributed by atoms with Crippen LogP contribution in [0.4, 0.5) is 0 Å². The quantitative estimate of drug-likeness (QED) is 0.732. The second-order valence-electron chi connectivity index (χ2n) is 6.41. The highest BCUT2D eigenvalue weighted by molar-refractivity contribution is 5.87.